The van der Waals surface area contributed by atoms with E-state index < -0.39 is 0 Å². The van der Waals surface area contributed by atoms with E-state index in [2.05, 4.69) is 29.2 Å². The molecule has 2 atom stereocenters. The topological polar surface area (TPSA) is 33.1 Å². The van der Waals surface area contributed by atoms with Crippen molar-refractivity contribution in [2.45, 2.75) is 51.7 Å². The number of nitrogens with one attached hydrogen (secondary N) is 1. The number of likely N-dealkylation sites (tertiary alicyclic amines) is 1. The zero-order valence-corrected chi connectivity index (χ0v) is 11.7. The molecule has 0 aromatic carbocycles. The van der Waals surface area contributed by atoms with Gasteiger partial charge < -0.3 is 5.32 Å². The van der Waals surface area contributed by atoms with Crippen LogP contribution in [0.2, 0.25) is 0 Å². The first kappa shape index (κ1) is 12.2. The van der Waals surface area contributed by atoms with E-state index in [0.29, 0.717) is 0 Å². The van der Waals surface area contributed by atoms with E-state index >= 15 is 0 Å². The quantitative estimate of drug-likeness (QED) is 0.858. The largest absolute Gasteiger partial charge is 0.310 e. The molecule has 2 fully saturated rings. The maximum absolute atomic E-state index is 4.52. The van der Waals surface area contributed by atoms with Crippen molar-refractivity contribution in [2.75, 3.05) is 13.1 Å². The van der Waals surface area contributed by atoms with Crippen LogP contribution in [0.3, 0.4) is 0 Å². The summed E-state index contributed by atoms with van der Waals surface area (Å²) >= 11 is 0. The van der Waals surface area contributed by atoms with Gasteiger partial charge in [-0.3, -0.25) is 9.58 Å². The molecule has 0 spiro atoms. The fourth-order valence-electron chi connectivity index (χ4n) is 3.43. The Morgan fingerprint density at radius 3 is 2.72 bits per heavy atom. The third-order valence-corrected chi connectivity index (χ3v) is 4.65. The predicted molar refractivity (Wildman–Crippen MR) is 72.5 cm³/mol. The first-order chi connectivity index (χ1) is 8.63. The summed E-state index contributed by atoms with van der Waals surface area (Å²) in [4.78, 5) is 2.60. The van der Waals surface area contributed by atoms with Crippen molar-refractivity contribution in [1.29, 1.82) is 0 Å². The summed E-state index contributed by atoms with van der Waals surface area (Å²) in [5, 5.41) is 8.26. The Bertz CT molecular complexity index is 437. The number of hydrogen-bond acceptors (Lipinski definition) is 3. The van der Waals surface area contributed by atoms with Crippen LogP contribution in [0.25, 0.3) is 0 Å². The normalized spacial score (nSPS) is 28.6. The molecular formula is C14H24N4. The van der Waals surface area contributed by atoms with E-state index in [9.17, 15) is 0 Å². The highest BCUT2D eigenvalue weighted by atomic mass is 15.3. The Kier molecular flexibility index (Phi) is 3.16. The number of fused-ring (bicyclic) bond motifs is 2. The van der Waals surface area contributed by atoms with Gasteiger partial charge in [-0.25, -0.2) is 0 Å². The summed E-state index contributed by atoms with van der Waals surface area (Å²) in [7, 11) is 2.04. The molecule has 3 heterocycles. The Morgan fingerprint density at radius 1 is 1.22 bits per heavy atom. The average Bonchev–Trinajstić information content (AvgIpc) is 2.77. The van der Waals surface area contributed by atoms with Crippen molar-refractivity contribution in [3.63, 3.8) is 0 Å². The molecule has 4 heteroatoms. The predicted octanol–water partition coefficient (Wildman–Crippen LogP) is 1.36. The van der Waals surface area contributed by atoms with Gasteiger partial charge in [0.05, 0.1) is 5.69 Å². The first-order valence-corrected chi connectivity index (χ1v) is 7.11. The highest BCUT2D eigenvalue weighted by Crippen LogP contribution is 2.23. The minimum absolute atomic E-state index is 0.717. The molecule has 1 aromatic heterocycles. The molecule has 2 bridgehead atoms. The Morgan fingerprint density at radius 2 is 2.00 bits per heavy atom. The van der Waals surface area contributed by atoms with Crippen LogP contribution in [0.1, 0.15) is 36.2 Å². The molecule has 0 saturated carbocycles. The summed E-state index contributed by atoms with van der Waals surface area (Å²) in [5.41, 5.74) is 3.93. The summed E-state index contributed by atoms with van der Waals surface area (Å²) in [6.45, 7) is 7.80. The molecule has 3 rings (SSSR count). The number of aryl methyl sites for hydroxylation is 2. The highest BCUT2D eigenvalue weighted by molar-refractivity contribution is 5.24. The molecular weight excluding hydrogens is 224 g/mol. The van der Waals surface area contributed by atoms with Crippen molar-refractivity contribution in [1.82, 2.24) is 20.0 Å². The van der Waals surface area contributed by atoms with Crippen molar-refractivity contribution in [2.24, 2.45) is 7.05 Å². The lowest BCUT2D eigenvalue weighted by Gasteiger charge is -2.24. The third-order valence-electron chi connectivity index (χ3n) is 4.65. The van der Waals surface area contributed by atoms with Gasteiger partial charge in [-0.15, -0.1) is 0 Å². The standard InChI is InChI=1S/C14H24N4/c1-10-14(11(2)17(3)16-10)9-18-7-6-12-4-5-13(8-18)15-12/h12-13,15H,4-9H2,1-3H3. The summed E-state index contributed by atoms with van der Waals surface area (Å²) in [6, 6.07) is 1.49. The maximum atomic E-state index is 4.52. The molecule has 0 radical (unpaired) electrons. The van der Waals surface area contributed by atoms with E-state index in [0.717, 1.165) is 18.6 Å². The third kappa shape index (κ3) is 2.19. The minimum Gasteiger partial charge on any atom is -0.310 e. The van der Waals surface area contributed by atoms with Gasteiger partial charge >= 0.3 is 0 Å². The van der Waals surface area contributed by atoms with Crippen LogP contribution in [-0.2, 0) is 13.6 Å². The van der Waals surface area contributed by atoms with Crippen molar-refractivity contribution < 1.29 is 0 Å². The molecule has 100 valence electrons. The lowest BCUT2D eigenvalue weighted by molar-refractivity contribution is 0.250. The second kappa shape index (κ2) is 4.67. The van der Waals surface area contributed by atoms with Gasteiger partial charge in [-0.1, -0.05) is 0 Å². The zero-order chi connectivity index (χ0) is 12.7. The summed E-state index contributed by atoms with van der Waals surface area (Å²) in [6.07, 6.45) is 4.03. The number of aromatic nitrogens is 2. The Hall–Kier alpha value is -0.870. The fraction of sp³-hybridized carbons (Fsp3) is 0.786. The van der Waals surface area contributed by atoms with Gasteiger partial charge in [0, 0.05) is 50.0 Å². The minimum atomic E-state index is 0.717. The van der Waals surface area contributed by atoms with Crippen LogP contribution in [0.4, 0.5) is 0 Å². The molecule has 1 aromatic rings. The molecule has 1 N–H and O–H groups in total. The SMILES string of the molecule is Cc1nn(C)c(C)c1CN1CCC2CCC(C1)N2. The monoisotopic (exact) mass is 248 g/mol. The van der Waals surface area contributed by atoms with E-state index in [-0.39, 0.29) is 0 Å². The van der Waals surface area contributed by atoms with E-state index in [1.165, 1.54) is 49.3 Å². The molecule has 4 nitrogen and oxygen atoms in total. The van der Waals surface area contributed by atoms with Crippen LogP contribution in [-0.4, -0.2) is 39.9 Å². The molecule has 0 amide bonds. The van der Waals surface area contributed by atoms with Gasteiger partial charge in [-0.05, 0) is 33.1 Å². The number of rotatable bonds is 2. The molecule has 2 aliphatic rings. The fourth-order valence-corrected chi connectivity index (χ4v) is 3.43. The Labute approximate surface area is 109 Å². The zero-order valence-electron chi connectivity index (χ0n) is 11.7. The van der Waals surface area contributed by atoms with Gasteiger partial charge in [-0.2, -0.15) is 5.10 Å². The van der Waals surface area contributed by atoms with Gasteiger partial charge in [0.25, 0.3) is 0 Å². The van der Waals surface area contributed by atoms with Crippen LogP contribution < -0.4 is 5.32 Å². The summed E-state index contributed by atoms with van der Waals surface area (Å²) < 4.78 is 2.01. The molecule has 2 unspecified atom stereocenters. The van der Waals surface area contributed by atoms with Gasteiger partial charge in [0.1, 0.15) is 0 Å². The van der Waals surface area contributed by atoms with Crippen molar-refractivity contribution >= 4 is 0 Å². The van der Waals surface area contributed by atoms with E-state index in [1.54, 1.807) is 0 Å². The van der Waals surface area contributed by atoms with Crippen molar-refractivity contribution in [3.05, 3.63) is 17.0 Å². The van der Waals surface area contributed by atoms with E-state index in [4.69, 9.17) is 0 Å². The molecule has 2 saturated heterocycles. The van der Waals surface area contributed by atoms with Crippen molar-refractivity contribution in [3.8, 4) is 0 Å². The van der Waals surface area contributed by atoms with Crippen LogP contribution >= 0.6 is 0 Å². The van der Waals surface area contributed by atoms with Crippen LogP contribution in [0, 0.1) is 13.8 Å². The molecule has 2 aliphatic heterocycles. The van der Waals surface area contributed by atoms with Gasteiger partial charge in [0.15, 0.2) is 0 Å². The lowest BCUT2D eigenvalue weighted by Crippen LogP contribution is -2.35. The molecule has 0 aliphatic carbocycles. The maximum Gasteiger partial charge on any atom is 0.0641 e. The second-order valence-electron chi connectivity index (χ2n) is 5.93. The second-order valence-corrected chi connectivity index (χ2v) is 5.93. The smallest absolute Gasteiger partial charge is 0.0641 e. The van der Waals surface area contributed by atoms with Crippen LogP contribution in [0.5, 0.6) is 0 Å². The van der Waals surface area contributed by atoms with Crippen LogP contribution in [0.15, 0.2) is 0 Å². The van der Waals surface area contributed by atoms with Gasteiger partial charge in [0.2, 0.25) is 0 Å². The lowest BCUT2D eigenvalue weighted by atomic mass is 10.1. The number of nitrogens with zero attached hydrogens (tertiary/aromatic N) is 3. The van der Waals surface area contributed by atoms with E-state index in [1.807, 2.05) is 11.7 Å². The Balaban J connectivity index is 1.72. The number of hydrogen-bond donors (Lipinski definition) is 1. The highest BCUT2D eigenvalue weighted by Gasteiger charge is 2.29. The first-order valence-electron chi connectivity index (χ1n) is 7.11. The summed E-state index contributed by atoms with van der Waals surface area (Å²) in [5.74, 6) is 0. The average molecular weight is 248 g/mol. The molecule has 18 heavy (non-hydrogen) atoms.